The lowest BCUT2D eigenvalue weighted by Gasteiger charge is -2.37. The van der Waals surface area contributed by atoms with Crippen LogP contribution >= 0.6 is 0 Å². The Bertz CT molecular complexity index is 1480. The van der Waals surface area contributed by atoms with E-state index in [4.69, 9.17) is 14.2 Å². The molecular weight excluding hydrogens is 490 g/mol. The smallest absolute Gasteiger partial charge is 0.167 e. The molecule has 0 unspecified atom stereocenters. The van der Waals surface area contributed by atoms with Crippen molar-refractivity contribution in [3.05, 3.63) is 120 Å². The second kappa shape index (κ2) is 9.57. The zero-order valence-electron chi connectivity index (χ0n) is 21.8. The topological polar surface area (TPSA) is 77.8 Å². The maximum absolute atomic E-state index is 7.01. The molecule has 0 amide bonds. The van der Waals surface area contributed by atoms with Gasteiger partial charge in [0.25, 0.3) is 0 Å². The third-order valence-corrected chi connectivity index (χ3v) is 7.57. The van der Waals surface area contributed by atoms with Gasteiger partial charge < -0.3 is 19.1 Å². The van der Waals surface area contributed by atoms with E-state index in [0.717, 1.165) is 33.7 Å². The molecule has 2 aliphatic rings. The summed E-state index contributed by atoms with van der Waals surface area (Å²) in [6.07, 6.45) is 2.61. The summed E-state index contributed by atoms with van der Waals surface area (Å²) in [5, 5.41) is 0. The molecule has 196 valence electrons. The summed E-state index contributed by atoms with van der Waals surface area (Å²) in [5.41, 5.74) is 3.81. The van der Waals surface area contributed by atoms with E-state index in [9.17, 15) is 0 Å². The molecule has 39 heavy (non-hydrogen) atoms. The second-order valence-corrected chi connectivity index (χ2v) is 10.1. The van der Waals surface area contributed by atoms with E-state index in [0.29, 0.717) is 6.61 Å². The van der Waals surface area contributed by atoms with Crippen LogP contribution in [0.15, 0.2) is 104 Å². The number of anilines is 1. The van der Waals surface area contributed by atoms with Gasteiger partial charge in [0.1, 0.15) is 30.2 Å². The molecule has 0 aliphatic carbocycles. The average Bonchev–Trinajstić information content (AvgIpc) is 3.53. The molecule has 0 radical (unpaired) electrons. The number of epoxide rings is 1. The van der Waals surface area contributed by atoms with E-state index in [1.807, 2.05) is 41.8 Å². The number of hydrogen-bond acceptors (Lipinski definition) is 7. The van der Waals surface area contributed by atoms with Gasteiger partial charge in [-0.2, -0.15) is 0 Å². The number of imidazole rings is 1. The average molecular weight is 520 g/mol. The van der Waals surface area contributed by atoms with E-state index in [1.165, 1.54) is 0 Å². The minimum absolute atomic E-state index is 0.0531. The van der Waals surface area contributed by atoms with Crippen LogP contribution in [-0.4, -0.2) is 58.5 Å². The molecule has 8 heteroatoms. The summed E-state index contributed by atoms with van der Waals surface area (Å²) in [6.45, 7) is 0.348. The summed E-state index contributed by atoms with van der Waals surface area (Å²) in [4.78, 5) is 15.4. The fourth-order valence-electron chi connectivity index (χ4n) is 5.69. The highest BCUT2D eigenvalue weighted by Crippen LogP contribution is 2.47. The Hall–Kier alpha value is -4.11. The fraction of sp³-hybridized carbons (Fsp3) is 0.258. The van der Waals surface area contributed by atoms with Crippen molar-refractivity contribution >= 4 is 17.0 Å². The van der Waals surface area contributed by atoms with Crippen molar-refractivity contribution in [1.29, 1.82) is 0 Å². The van der Waals surface area contributed by atoms with Crippen LogP contribution in [0.1, 0.15) is 22.9 Å². The predicted octanol–water partition coefficient (Wildman–Crippen LogP) is 4.57. The zero-order chi connectivity index (χ0) is 26.4. The molecule has 0 spiro atoms. The Kier molecular flexibility index (Phi) is 5.88. The zero-order valence-corrected chi connectivity index (χ0v) is 21.8. The van der Waals surface area contributed by atoms with E-state index < -0.39 is 5.60 Å². The van der Waals surface area contributed by atoms with E-state index in [-0.39, 0.29) is 24.5 Å². The molecule has 0 saturated carbocycles. The molecule has 7 rings (SSSR count). The first-order valence-electron chi connectivity index (χ1n) is 13.1. The Morgan fingerprint density at radius 1 is 0.769 bits per heavy atom. The number of fused-ring (bicyclic) bond motifs is 2. The summed E-state index contributed by atoms with van der Waals surface area (Å²) in [7, 11) is 3.89. The minimum atomic E-state index is -0.814. The highest BCUT2D eigenvalue weighted by atomic mass is 16.7. The Balaban J connectivity index is 1.22. The molecule has 3 aromatic carbocycles. The van der Waals surface area contributed by atoms with Gasteiger partial charge in [0.05, 0.1) is 12.9 Å². The van der Waals surface area contributed by atoms with Crippen molar-refractivity contribution in [3.8, 4) is 0 Å². The highest BCUT2D eigenvalue weighted by molar-refractivity contribution is 5.83. The molecule has 2 aliphatic heterocycles. The standard InChI is InChI=1S/C31H29N5O3/c1-35(2)28-25-29(33-19-32-28)36(20-34-25)30-27-26(39-27)24(38-30)18-37-31(21-12-6-3-7-13-21,22-14-8-4-9-15-22)23-16-10-5-11-17-23/h3-17,19-20,24,26-27,30H,18H2,1-2H3/t24-,26+,27+,30-/m1/s1. The monoisotopic (exact) mass is 519 g/mol. The maximum Gasteiger partial charge on any atom is 0.167 e. The van der Waals surface area contributed by atoms with Crippen LogP contribution in [0.3, 0.4) is 0 Å². The van der Waals surface area contributed by atoms with E-state index in [1.54, 1.807) is 12.7 Å². The van der Waals surface area contributed by atoms with Gasteiger partial charge in [-0.15, -0.1) is 0 Å². The van der Waals surface area contributed by atoms with Crippen LogP contribution < -0.4 is 4.90 Å². The summed E-state index contributed by atoms with van der Waals surface area (Å²) in [5.74, 6) is 0.767. The summed E-state index contributed by atoms with van der Waals surface area (Å²) >= 11 is 0. The lowest BCUT2D eigenvalue weighted by atomic mass is 9.80. The number of aromatic nitrogens is 4. The molecule has 8 nitrogen and oxygen atoms in total. The van der Waals surface area contributed by atoms with Crippen LogP contribution in [0.25, 0.3) is 11.2 Å². The van der Waals surface area contributed by atoms with Gasteiger partial charge in [-0.05, 0) is 16.7 Å². The molecule has 2 saturated heterocycles. The third kappa shape index (κ3) is 3.99. The number of benzene rings is 3. The quantitative estimate of drug-likeness (QED) is 0.220. The Morgan fingerprint density at radius 3 is 1.92 bits per heavy atom. The number of rotatable bonds is 8. The van der Waals surface area contributed by atoms with Gasteiger partial charge >= 0.3 is 0 Å². The Morgan fingerprint density at radius 2 is 1.36 bits per heavy atom. The molecule has 2 fully saturated rings. The summed E-state index contributed by atoms with van der Waals surface area (Å²) in [6, 6.07) is 31.1. The van der Waals surface area contributed by atoms with Gasteiger partial charge in [-0.25, -0.2) is 15.0 Å². The normalized spacial score (nSPS) is 22.1. The summed E-state index contributed by atoms with van der Waals surface area (Å²) < 4.78 is 21.6. The molecular formula is C31H29N5O3. The highest BCUT2D eigenvalue weighted by Gasteiger charge is 2.59. The van der Waals surface area contributed by atoms with Crippen molar-refractivity contribution < 1.29 is 14.2 Å². The van der Waals surface area contributed by atoms with Crippen LogP contribution in [0.2, 0.25) is 0 Å². The maximum atomic E-state index is 7.01. The molecule has 2 aromatic heterocycles. The van der Waals surface area contributed by atoms with Crippen molar-refractivity contribution in [3.63, 3.8) is 0 Å². The number of nitrogens with zero attached hydrogens (tertiary/aromatic N) is 5. The van der Waals surface area contributed by atoms with Crippen molar-refractivity contribution in [1.82, 2.24) is 19.5 Å². The lowest BCUT2D eigenvalue weighted by molar-refractivity contribution is -0.115. The largest absolute Gasteiger partial charge is 0.362 e. The van der Waals surface area contributed by atoms with Crippen molar-refractivity contribution in [2.45, 2.75) is 30.1 Å². The molecule has 0 N–H and O–H groups in total. The van der Waals surface area contributed by atoms with Crippen molar-refractivity contribution in [2.24, 2.45) is 0 Å². The molecule has 4 heterocycles. The number of ether oxygens (including phenoxy) is 3. The van der Waals surface area contributed by atoms with Gasteiger partial charge in [0.2, 0.25) is 0 Å². The lowest BCUT2D eigenvalue weighted by Crippen LogP contribution is -2.37. The van der Waals surface area contributed by atoms with E-state index in [2.05, 4.69) is 87.7 Å². The minimum Gasteiger partial charge on any atom is -0.362 e. The van der Waals surface area contributed by atoms with Crippen LogP contribution in [0, 0.1) is 0 Å². The van der Waals surface area contributed by atoms with Crippen LogP contribution in [-0.2, 0) is 19.8 Å². The van der Waals surface area contributed by atoms with Crippen LogP contribution in [0.4, 0.5) is 5.82 Å². The van der Waals surface area contributed by atoms with Gasteiger partial charge in [-0.3, -0.25) is 4.57 Å². The first-order chi connectivity index (χ1) is 19.2. The van der Waals surface area contributed by atoms with Gasteiger partial charge in [0, 0.05) is 14.1 Å². The molecule has 5 aromatic rings. The van der Waals surface area contributed by atoms with Gasteiger partial charge in [-0.1, -0.05) is 91.0 Å². The van der Waals surface area contributed by atoms with Crippen LogP contribution in [0.5, 0.6) is 0 Å². The van der Waals surface area contributed by atoms with E-state index >= 15 is 0 Å². The van der Waals surface area contributed by atoms with Gasteiger partial charge in [0.15, 0.2) is 23.2 Å². The predicted molar refractivity (Wildman–Crippen MR) is 147 cm³/mol. The molecule has 0 bridgehead atoms. The second-order valence-electron chi connectivity index (χ2n) is 10.1. The number of hydrogen-bond donors (Lipinski definition) is 0. The Labute approximate surface area is 226 Å². The third-order valence-electron chi connectivity index (χ3n) is 7.57. The van der Waals surface area contributed by atoms with Crippen molar-refractivity contribution in [2.75, 3.05) is 25.6 Å². The SMILES string of the molecule is CN(C)c1ncnc2c1ncn2[C@@H]1O[C@H](COC(c2ccccc2)(c2ccccc2)c2ccccc2)[C@@H]2O[C@@H]21. The fourth-order valence-corrected chi connectivity index (χ4v) is 5.69. The molecule has 4 atom stereocenters. The first kappa shape index (κ1) is 24.0. The first-order valence-corrected chi connectivity index (χ1v) is 13.1.